The molecule has 2 aromatic heterocycles. The van der Waals surface area contributed by atoms with Crippen LogP contribution in [0.25, 0.3) is 17.2 Å². The van der Waals surface area contributed by atoms with Gasteiger partial charge in [0.05, 0.1) is 24.2 Å². The van der Waals surface area contributed by atoms with Gasteiger partial charge in [-0.15, -0.1) is 5.10 Å². The largest absolute Gasteiger partial charge is 0.494 e. The van der Waals surface area contributed by atoms with Crippen molar-refractivity contribution in [1.82, 2.24) is 25.0 Å². The fourth-order valence-electron chi connectivity index (χ4n) is 4.10. The number of ether oxygens (including phenoxy) is 1. The SMILES string of the molecule is CCOc1cccc(C2CC(=O)Nc3c2c(C)nn3-c2nncc(-c3ccccc3)n2)c1. The summed E-state index contributed by atoms with van der Waals surface area (Å²) in [6.45, 7) is 4.46. The van der Waals surface area contributed by atoms with Crippen LogP contribution in [-0.4, -0.2) is 37.5 Å². The minimum atomic E-state index is -0.141. The van der Waals surface area contributed by atoms with Gasteiger partial charge in [0.25, 0.3) is 5.95 Å². The van der Waals surface area contributed by atoms with Gasteiger partial charge in [-0.3, -0.25) is 4.79 Å². The van der Waals surface area contributed by atoms with Crippen molar-refractivity contribution in [3.63, 3.8) is 0 Å². The Labute approximate surface area is 185 Å². The van der Waals surface area contributed by atoms with Crippen LogP contribution < -0.4 is 10.1 Å². The quantitative estimate of drug-likeness (QED) is 0.520. The number of carbonyl (C=O) groups is 1. The van der Waals surface area contributed by atoms with Gasteiger partial charge < -0.3 is 10.1 Å². The van der Waals surface area contributed by atoms with E-state index in [0.717, 1.165) is 28.1 Å². The molecule has 4 aromatic rings. The Morgan fingerprint density at radius 3 is 2.81 bits per heavy atom. The lowest BCUT2D eigenvalue weighted by Crippen LogP contribution is -2.25. The van der Waals surface area contributed by atoms with Crippen molar-refractivity contribution < 1.29 is 9.53 Å². The zero-order valence-corrected chi connectivity index (χ0v) is 17.8. The third-order valence-electron chi connectivity index (χ3n) is 5.48. The molecule has 1 aliphatic heterocycles. The summed E-state index contributed by atoms with van der Waals surface area (Å²) in [4.78, 5) is 17.3. The average Bonchev–Trinajstić information content (AvgIpc) is 3.16. The molecule has 5 rings (SSSR count). The van der Waals surface area contributed by atoms with Gasteiger partial charge in [-0.2, -0.15) is 14.9 Å². The van der Waals surface area contributed by atoms with Gasteiger partial charge >= 0.3 is 0 Å². The van der Waals surface area contributed by atoms with E-state index >= 15 is 0 Å². The first-order valence-corrected chi connectivity index (χ1v) is 10.5. The standard InChI is InChI=1S/C24H22N6O2/c1-3-32-18-11-7-10-17(12-18)19-13-21(31)27-23-22(19)15(2)29-30(23)24-26-20(14-25-28-24)16-8-5-4-6-9-16/h4-12,14,19H,3,13H2,1-2H3,(H,27,31). The summed E-state index contributed by atoms with van der Waals surface area (Å²) in [6, 6.07) is 17.6. The third-order valence-corrected chi connectivity index (χ3v) is 5.48. The van der Waals surface area contributed by atoms with E-state index < -0.39 is 0 Å². The van der Waals surface area contributed by atoms with Gasteiger partial charge in [0.1, 0.15) is 11.6 Å². The summed E-state index contributed by atoms with van der Waals surface area (Å²) in [7, 11) is 0. The first kappa shape index (κ1) is 19.9. The molecule has 1 unspecified atom stereocenters. The van der Waals surface area contributed by atoms with Crippen LogP contribution in [-0.2, 0) is 4.79 Å². The van der Waals surface area contributed by atoms with Gasteiger partial charge in [-0.1, -0.05) is 42.5 Å². The molecular formula is C24H22N6O2. The fraction of sp³-hybridized carbons (Fsp3) is 0.208. The number of nitrogens with one attached hydrogen (secondary N) is 1. The van der Waals surface area contributed by atoms with E-state index in [9.17, 15) is 4.79 Å². The summed E-state index contributed by atoms with van der Waals surface area (Å²) < 4.78 is 7.23. The predicted molar refractivity (Wildman–Crippen MR) is 120 cm³/mol. The van der Waals surface area contributed by atoms with E-state index in [1.54, 1.807) is 10.9 Å². The third kappa shape index (κ3) is 3.60. The Balaban J connectivity index is 1.60. The Kier molecular flexibility index (Phi) is 5.10. The highest BCUT2D eigenvalue weighted by molar-refractivity contribution is 5.95. The van der Waals surface area contributed by atoms with Crippen molar-refractivity contribution in [2.75, 3.05) is 11.9 Å². The molecule has 1 atom stereocenters. The van der Waals surface area contributed by atoms with E-state index in [1.807, 2.05) is 68.4 Å². The van der Waals surface area contributed by atoms with E-state index in [4.69, 9.17) is 4.74 Å². The molecule has 2 aromatic carbocycles. The number of fused-ring (bicyclic) bond motifs is 1. The lowest BCUT2D eigenvalue weighted by atomic mass is 9.86. The Bertz CT molecular complexity index is 1280. The smallest absolute Gasteiger partial charge is 0.272 e. The molecule has 0 aliphatic carbocycles. The van der Waals surface area contributed by atoms with Gasteiger partial charge in [0, 0.05) is 23.5 Å². The molecule has 0 fully saturated rings. The zero-order chi connectivity index (χ0) is 22.1. The van der Waals surface area contributed by atoms with Crippen LogP contribution in [0.1, 0.15) is 36.1 Å². The monoisotopic (exact) mass is 426 g/mol. The van der Waals surface area contributed by atoms with Gasteiger partial charge in [0.2, 0.25) is 5.91 Å². The minimum absolute atomic E-state index is 0.0855. The Hall–Kier alpha value is -4.07. The molecular weight excluding hydrogens is 404 g/mol. The number of hydrogen-bond acceptors (Lipinski definition) is 6. The summed E-state index contributed by atoms with van der Waals surface area (Å²) >= 11 is 0. The van der Waals surface area contributed by atoms with Crippen LogP contribution in [0.15, 0.2) is 60.8 Å². The second kappa shape index (κ2) is 8.22. The van der Waals surface area contributed by atoms with Crippen molar-refractivity contribution in [1.29, 1.82) is 0 Å². The highest BCUT2D eigenvalue weighted by Gasteiger charge is 2.33. The molecule has 0 saturated heterocycles. The normalized spacial score (nSPS) is 15.2. The van der Waals surface area contributed by atoms with Crippen molar-refractivity contribution in [3.8, 4) is 23.0 Å². The second-order valence-electron chi connectivity index (χ2n) is 7.58. The first-order chi connectivity index (χ1) is 15.6. The van der Waals surface area contributed by atoms with Crippen molar-refractivity contribution in [2.45, 2.75) is 26.2 Å². The summed E-state index contributed by atoms with van der Waals surface area (Å²) in [5, 5.41) is 15.9. The molecule has 32 heavy (non-hydrogen) atoms. The van der Waals surface area contributed by atoms with E-state index in [0.29, 0.717) is 30.5 Å². The Morgan fingerprint density at radius 2 is 2.00 bits per heavy atom. The summed E-state index contributed by atoms with van der Waals surface area (Å²) in [5.74, 6) is 1.44. The molecule has 0 bridgehead atoms. The van der Waals surface area contributed by atoms with Gasteiger partial charge in [-0.25, -0.2) is 4.98 Å². The molecule has 8 nitrogen and oxygen atoms in total. The summed E-state index contributed by atoms with van der Waals surface area (Å²) in [6.07, 6.45) is 1.94. The minimum Gasteiger partial charge on any atom is -0.494 e. The van der Waals surface area contributed by atoms with Crippen LogP contribution >= 0.6 is 0 Å². The predicted octanol–water partition coefficient (Wildman–Crippen LogP) is 3.91. The van der Waals surface area contributed by atoms with E-state index in [-0.39, 0.29) is 11.8 Å². The number of carbonyl (C=O) groups excluding carboxylic acids is 1. The molecule has 0 saturated carbocycles. The maximum absolute atomic E-state index is 12.7. The maximum Gasteiger partial charge on any atom is 0.272 e. The van der Waals surface area contributed by atoms with Crippen LogP contribution in [0.2, 0.25) is 0 Å². The molecule has 0 radical (unpaired) electrons. The molecule has 3 heterocycles. The highest BCUT2D eigenvalue weighted by Crippen LogP contribution is 2.40. The zero-order valence-electron chi connectivity index (χ0n) is 17.8. The fourth-order valence-corrected chi connectivity index (χ4v) is 4.10. The van der Waals surface area contributed by atoms with Crippen molar-refractivity contribution >= 4 is 11.7 Å². The van der Waals surface area contributed by atoms with Crippen molar-refractivity contribution in [2.24, 2.45) is 0 Å². The van der Waals surface area contributed by atoms with Gasteiger partial charge in [0.15, 0.2) is 0 Å². The van der Waals surface area contributed by atoms with E-state index in [1.165, 1.54) is 0 Å². The molecule has 1 aliphatic rings. The van der Waals surface area contributed by atoms with Crippen LogP contribution in [0, 0.1) is 6.92 Å². The average molecular weight is 426 g/mol. The number of hydrogen-bond donors (Lipinski definition) is 1. The topological polar surface area (TPSA) is 94.8 Å². The number of amides is 1. The molecule has 0 spiro atoms. The number of rotatable bonds is 5. The molecule has 8 heteroatoms. The lowest BCUT2D eigenvalue weighted by molar-refractivity contribution is -0.116. The Morgan fingerprint density at radius 1 is 1.16 bits per heavy atom. The van der Waals surface area contributed by atoms with E-state index in [2.05, 4.69) is 25.6 Å². The lowest BCUT2D eigenvalue weighted by Gasteiger charge is -2.24. The van der Waals surface area contributed by atoms with Crippen molar-refractivity contribution in [3.05, 3.63) is 77.6 Å². The highest BCUT2D eigenvalue weighted by atomic mass is 16.5. The van der Waals surface area contributed by atoms with Crippen LogP contribution in [0.4, 0.5) is 5.82 Å². The number of anilines is 1. The van der Waals surface area contributed by atoms with Crippen LogP contribution in [0.3, 0.4) is 0 Å². The molecule has 1 amide bonds. The summed E-state index contributed by atoms with van der Waals surface area (Å²) in [5.41, 5.74) is 4.37. The molecule has 1 N–H and O–H groups in total. The number of aryl methyl sites for hydroxylation is 1. The number of aromatic nitrogens is 5. The van der Waals surface area contributed by atoms with Gasteiger partial charge in [-0.05, 0) is 31.5 Å². The maximum atomic E-state index is 12.7. The number of benzene rings is 2. The first-order valence-electron chi connectivity index (χ1n) is 10.5. The number of nitrogens with zero attached hydrogens (tertiary/aromatic N) is 5. The van der Waals surface area contributed by atoms with Crippen LogP contribution in [0.5, 0.6) is 5.75 Å². The molecule has 160 valence electrons. The second-order valence-corrected chi connectivity index (χ2v) is 7.58.